The number of benzene rings is 1. The molecule has 0 saturated heterocycles. The maximum Gasteiger partial charge on any atom is 0.237 e. The Labute approximate surface area is 136 Å². The van der Waals surface area contributed by atoms with Crippen molar-refractivity contribution in [2.45, 2.75) is 32.9 Å². The number of carbonyl (C=O) groups is 2. The van der Waals surface area contributed by atoms with E-state index in [1.165, 1.54) is 0 Å². The fourth-order valence-corrected chi connectivity index (χ4v) is 2.18. The van der Waals surface area contributed by atoms with E-state index in [1.54, 1.807) is 11.8 Å². The van der Waals surface area contributed by atoms with E-state index in [4.69, 9.17) is 5.73 Å². The molecule has 6 heteroatoms. The zero-order valence-electron chi connectivity index (χ0n) is 13.4. The lowest BCUT2D eigenvalue weighted by Gasteiger charge is -2.12. The first kappa shape index (κ1) is 18.5. The fraction of sp³-hybridized carbons (Fsp3) is 0.500. The Morgan fingerprint density at radius 3 is 2.36 bits per heavy atom. The predicted octanol–water partition coefficient (Wildman–Crippen LogP) is 1.98. The molecule has 0 aliphatic rings. The van der Waals surface area contributed by atoms with Gasteiger partial charge in [-0.15, -0.1) is 0 Å². The number of rotatable bonds is 8. The number of nitrogens with one attached hydrogen (secondary N) is 2. The van der Waals surface area contributed by atoms with Crippen molar-refractivity contribution in [3.8, 4) is 0 Å². The second kappa shape index (κ2) is 9.48. The quantitative estimate of drug-likeness (QED) is 0.683. The van der Waals surface area contributed by atoms with Gasteiger partial charge in [0.2, 0.25) is 11.8 Å². The van der Waals surface area contributed by atoms with Gasteiger partial charge in [-0.25, -0.2) is 0 Å². The molecule has 4 N–H and O–H groups in total. The molecular formula is C16H25N3O2S. The van der Waals surface area contributed by atoms with Crippen LogP contribution in [0.15, 0.2) is 24.3 Å². The summed E-state index contributed by atoms with van der Waals surface area (Å²) in [5, 5.41) is 5.65. The molecule has 2 amide bonds. The van der Waals surface area contributed by atoms with Crippen molar-refractivity contribution in [2.24, 2.45) is 11.7 Å². The highest BCUT2D eigenvalue weighted by Gasteiger charge is 2.12. The number of hydrogen-bond donors (Lipinski definition) is 3. The van der Waals surface area contributed by atoms with Crippen LogP contribution in [0, 0.1) is 5.92 Å². The van der Waals surface area contributed by atoms with Gasteiger partial charge >= 0.3 is 0 Å². The van der Waals surface area contributed by atoms with Gasteiger partial charge in [0.15, 0.2) is 0 Å². The van der Waals surface area contributed by atoms with Crippen LogP contribution in [0.3, 0.4) is 0 Å². The minimum absolute atomic E-state index is 0.0131. The van der Waals surface area contributed by atoms with Crippen molar-refractivity contribution in [3.05, 3.63) is 29.8 Å². The molecule has 0 aromatic heterocycles. The van der Waals surface area contributed by atoms with E-state index in [1.807, 2.05) is 44.4 Å². The van der Waals surface area contributed by atoms with Gasteiger partial charge < -0.3 is 16.4 Å². The van der Waals surface area contributed by atoms with Gasteiger partial charge in [0, 0.05) is 18.2 Å². The lowest BCUT2D eigenvalue weighted by molar-refractivity contribution is -0.122. The van der Waals surface area contributed by atoms with E-state index in [2.05, 4.69) is 10.6 Å². The molecule has 0 radical (unpaired) electrons. The summed E-state index contributed by atoms with van der Waals surface area (Å²) in [6.07, 6.45) is 2.66. The Bertz CT molecular complexity index is 489. The molecule has 0 aliphatic heterocycles. The number of nitrogens with two attached hydrogens (primary N) is 1. The smallest absolute Gasteiger partial charge is 0.237 e. The normalized spacial score (nSPS) is 12.0. The van der Waals surface area contributed by atoms with E-state index in [-0.39, 0.29) is 17.7 Å². The van der Waals surface area contributed by atoms with Crippen molar-refractivity contribution in [1.29, 1.82) is 0 Å². The van der Waals surface area contributed by atoms with Crippen LogP contribution < -0.4 is 16.4 Å². The lowest BCUT2D eigenvalue weighted by Crippen LogP contribution is -2.40. The molecule has 1 aromatic rings. The molecule has 1 atom stereocenters. The Morgan fingerprint density at radius 2 is 1.82 bits per heavy atom. The SMILES string of the molecule is CSCC[C@H](N)C(=O)NCc1ccc(NC(=O)C(C)C)cc1. The van der Waals surface area contributed by atoms with Gasteiger partial charge in [0.05, 0.1) is 6.04 Å². The van der Waals surface area contributed by atoms with E-state index in [9.17, 15) is 9.59 Å². The average Bonchev–Trinajstić information content (AvgIpc) is 2.51. The summed E-state index contributed by atoms with van der Waals surface area (Å²) in [4.78, 5) is 23.4. The van der Waals surface area contributed by atoms with Gasteiger partial charge in [0.1, 0.15) is 0 Å². The second-order valence-electron chi connectivity index (χ2n) is 5.45. The van der Waals surface area contributed by atoms with Crippen molar-refractivity contribution >= 4 is 29.3 Å². The van der Waals surface area contributed by atoms with Crippen LogP contribution >= 0.6 is 11.8 Å². The number of amides is 2. The van der Waals surface area contributed by atoms with Gasteiger partial charge in [-0.2, -0.15) is 11.8 Å². The van der Waals surface area contributed by atoms with Crippen LogP contribution in [-0.4, -0.2) is 29.9 Å². The first-order valence-electron chi connectivity index (χ1n) is 7.36. The van der Waals surface area contributed by atoms with Crippen molar-refractivity contribution in [3.63, 3.8) is 0 Å². The standard InChI is InChI=1S/C16H25N3O2S/c1-11(2)15(20)19-13-6-4-12(5-7-13)10-18-16(21)14(17)8-9-22-3/h4-7,11,14H,8-10,17H2,1-3H3,(H,18,21)(H,19,20)/t14-/m0/s1. The highest BCUT2D eigenvalue weighted by atomic mass is 32.2. The number of anilines is 1. The highest BCUT2D eigenvalue weighted by Crippen LogP contribution is 2.11. The van der Waals surface area contributed by atoms with Crippen LogP contribution in [0.25, 0.3) is 0 Å². The largest absolute Gasteiger partial charge is 0.351 e. The summed E-state index contributed by atoms with van der Waals surface area (Å²) in [5.41, 5.74) is 7.52. The van der Waals surface area contributed by atoms with Gasteiger partial charge in [-0.05, 0) is 36.1 Å². The van der Waals surface area contributed by atoms with Crippen molar-refractivity contribution in [2.75, 3.05) is 17.3 Å². The van der Waals surface area contributed by atoms with Crippen molar-refractivity contribution in [1.82, 2.24) is 5.32 Å². The Hall–Kier alpha value is -1.53. The van der Waals surface area contributed by atoms with Crippen LogP contribution in [0.4, 0.5) is 5.69 Å². The molecule has 0 spiro atoms. The molecule has 1 rings (SSSR count). The second-order valence-corrected chi connectivity index (χ2v) is 6.43. The highest BCUT2D eigenvalue weighted by molar-refractivity contribution is 7.98. The molecule has 0 unspecified atom stereocenters. The third kappa shape index (κ3) is 6.49. The molecule has 22 heavy (non-hydrogen) atoms. The van der Waals surface area contributed by atoms with E-state index in [0.717, 1.165) is 17.0 Å². The first-order chi connectivity index (χ1) is 10.4. The molecule has 0 bridgehead atoms. The molecule has 0 heterocycles. The van der Waals surface area contributed by atoms with E-state index in [0.29, 0.717) is 13.0 Å². The molecule has 0 saturated carbocycles. The summed E-state index contributed by atoms with van der Waals surface area (Å²) >= 11 is 1.68. The lowest BCUT2D eigenvalue weighted by atomic mass is 10.1. The Morgan fingerprint density at radius 1 is 1.18 bits per heavy atom. The molecule has 0 fully saturated rings. The molecule has 122 valence electrons. The summed E-state index contributed by atoms with van der Waals surface area (Å²) < 4.78 is 0. The third-order valence-corrected chi connectivity index (χ3v) is 3.83. The third-order valence-electron chi connectivity index (χ3n) is 3.18. The van der Waals surface area contributed by atoms with E-state index < -0.39 is 6.04 Å². The zero-order valence-corrected chi connectivity index (χ0v) is 14.2. The maximum atomic E-state index is 11.8. The number of thioether (sulfide) groups is 1. The Kier molecular flexibility index (Phi) is 7.98. The van der Waals surface area contributed by atoms with Gasteiger partial charge in [-0.1, -0.05) is 26.0 Å². The Balaban J connectivity index is 2.44. The first-order valence-corrected chi connectivity index (χ1v) is 8.75. The molecule has 1 aromatic carbocycles. The maximum absolute atomic E-state index is 11.8. The predicted molar refractivity (Wildman–Crippen MR) is 92.7 cm³/mol. The molecular weight excluding hydrogens is 298 g/mol. The van der Waals surface area contributed by atoms with Crippen molar-refractivity contribution < 1.29 is 9.59 Å². The van der Waals surface area contributed by atoms with Crippen LogP contribution in [0.1, 0.15) is 25.8 Å². The summed E-state index contributed by atoms with van der Waals surface area (Å²) in [5.74, 6) is 0.674. The number of carbonyl (C=O) groups excluding carboxylic acids is 2. The van der Waals surface area contributed by atoms with Crippen LogP contribution in [0.2, 0.25) is 0 Å². The van der Waals surface area contributed by atoms with Gasteiger partial charge in [-0.3, -0.25) is 9.59 Å². The minimum Gasteiger partial charge on any atom is -0.351 e. The summed E-state index contributed by atoms with van der Waals surface area (Å²) in [6.45, 7) is 4.13. The summed E-state index contributed by atoms with van der Waals surface area (Å²) in [7, 11) is 0. The topological polar surface area (TPSA) is 84.2 Å². The monoisotopic (exact) mass is 323 g/mol. The minimum atomic E-state index is -0.461. The van der Waals surface area contributed by atoms with Crippen LogP contribution in [0.5, 0.6) is 0 Å². The average molecular weight is 323 g/mol. The van der Waals surface area contributed by atoms with Crippen LogP contribution in [-0.2, 0) is 16.1 Å². The molecule has 5 nitrogen and oxygen atoms in total. The number of hydrogen-bond acceptors (Lipinski definition) is 4. The van der Waals surface area contributed by atoms with E-state index >= 15 is 0 Å². The molecule has 0 aliphatic carbocycles. The van der Waals surface area contributed by atoms with Gasteiger partial charge in [0.25, 0.3) is 0 Å². The zero-order chi connectivity index (χ0) is 16.5. The fourth-order valence-electron chi connectivity index (χ4n) is 1.69. The summed E-state index contributed by atoms with van der Waals surface area (Å²) in [6, 6.07) is 6.95.